The van der Waals surface area contributed by atoms with Gasteiger partial charge in [-0.05, 0) is 6.42 Å². The summed E-state index contributed by atoms with van der Waals surface area (Å²) in [5, 5.41) is 0. The molecule has 1 rings (SSSR count). The van der Waals surface area contributed by atoms with Crippen molar-refractivity contribution in [3.63, 3.8) is 0 Å². The van der Waals surface area contributed by atoms with Gasteiger partial charge in [0.15, 0.2) is 0 Å². The summed E-state index contributed by atoms with van der Waals surface area (Å²) in [6.07, 6.45) is 2.49. The molecule has 0 fully saturated rings. The van der Waals surface area contributed by atoms with Crippen LogP contribution in [-0.2, 0) is 0 Å². The molecule has 0 spiro atoms. The van der Waals surface area contributed by atoms with Gasteiger partial charge in [-0.25, -0.2) is 0 Å². The second kappa shape index (κ2) is 6.75. The summed E-state index contributed by atoms with van der Waals surface area (Å²) >= 11 is 0. The highest BCUT2D eigenvalue weighted by Crippen LogP contribution is 1.99. The van der Waals surface area contributed by atoms with Crippen molar-refractivity contribution < 1.29 is 4.58 Å². The Morgan fingerprint density at radius 2 is 2.08 bits per heavy atom. The SMILES string of the molecule is CC.CCCCN1CC[N+](C)=C1N. The van der Waals surface area contributed by atoms with E-state index in [9.17, 15) is 0 Å². The molecule has 0 aromatic rings. The molecule has 0 amide bonds. The minimum atomic E-state index is 0.943. The van der Waals surface area contributed by atoms with Crippen LogP contribution in [0.5, 0.6) is 0 Å². The van der Waals surface area contributed by atoms with Crippen molar-refractivity contribution in [1.29, 1.82) is 0 Å². The summed E-state index contributed by atoms with van der Waals surface area (Å²) in [6, 6.07) is 0. The van der Waals surface area contributed by atoms with Crippen molar-refractivity contribution in [3.8, 4) is 0 Å². The summed E-state index contributed by atoms with van der Waals surface area (Å²) in [7, 11) is 2.04. The number of likely N-dealkylation sites (N-methyl/N-ethyl adjacent to an activating group) is 1. The smallest absolute Gasteiger partial charge is 0.291 e. The molecule has 0 aromatic carbocycles. The van der Waals surface area contributed by atoms with Gasteiger partial charge in [0.25, 0.3) is 0 Å². The average Bonchev–Trinajstić information content (AvgIpc) is 2.48. The molecule has 0 saturated heterocycles. The molecule has 13 heavy (non-hydrogen) atoms. The van der Waals surface area contributed by atoms with E-state index in [0.717, 1.165) is 25.6 Å². The van der Waals surface area contributed by atoms with Gasteiger partial charge in [-0.15, -0.1) is 0 Å². The van der Waals surface area contributed by atoms with E-state index in [-0.39, 0.29) is 0 Å². The van der Waals surface area contributed by atoms with E-state index in [1.807, 2.05) is 20.9 Å². The average molecular weight is 186 g/mol. The van der Waals surface area contributed by atoms with Crippen molar-refractivity contribution in [3.05, 3.63) is 0 Å². The minimum absolute atomic E-state index is 0.943. The number of hydrogen-bond acceptors (Lipinski definition) is 2. The van der Waals surface area contributed by atoms with Crippen LogP contribution in [0.4, 0.5) is 0 Å². The first-order valence-electron chi connectivity index (χ1n) is 5.34. The first kappa shape index (κ1) is 12.3. The lowest BCUT2D eigenvalue weighted by Gasteiger charge is -2.09. The molecule has 1 aliphatic heterocycles. The number of rotatable bonds is 3. The third kappa shape index (κ3) is 3.66. The predicted octanol–water partition coefficient (Wildman–Crippen LogP) is 1.09. The van der Waals surface area contributed by atoms with Crippen molar-refractivity contribution >= 4 is 5.96 Å². The molecular formula is C10H24N3+. The third-order valence-electron chi connectivity index (χ3n) is 2.20. The standard InChI is InChI=1S/C8H17N3.C2H6/c1-3-4-5-11-7-6-10(2)8(11)9;1-2/h9H,3-7H2,1-2H3;1-2H3/p+1. The van der Waals surface area contributed by atoms with Crippen LogP contribution >= 0.6 is 0 Å². The molecule has 2 N–H and O–H groups in total. The number of nitrogens with two attached hydrogens (primary N) is 1. The zero-order valence-electron chi connectivity index (χ0n) is 9.51. The van der Waals surface area contributed by atoms with Gasteiger partial charge in [-0.3, -0.25) is 15.2 Å². The predicted molar refractivity (Wildman–Crippen MR) is 58.1 cm³/mol. The highest BCUT2D eigenvalue weighted by atomic mass is 15.3. The third-order valence-corrected chi connectivity index (χ3v) is 2.20. The fourth-order valence-corrected chi connectivity index (χ4v) is 1.32. The lowest BCUT2D eigenvalue weighted by atomic mass is 10.3. The van der Waals surface area contributed by atoms with Gasteiger partial charge < -0.3 is 0 Å². The molecule has 0 radical (unpaired) electrons. The molecule has 3 nitrogen and oxygen atoms in total. The fraction of sp³-hybridized carbons (Fsp3) is 0.900. The van der Waals surface area contributed by atoms with Gasteiger partial charge in [0.2, 0.25) is 0 Å². The Balaban J connectivity index is 0.000000671. The van der Waals surface area contributed by atoms with E-state index in [4.69, 9.17) is 5.73 Å². The van der Waals surface area contributed by atoms with Gasteiger partial charge in [0, 0.05) is 0 Å². The van der Waals surface area contributed by atoms with E-state index < -0.39 is 0 Å². The Hall–Kier alpha value is -0.730. The molecule has 0 aliphatic carbocycles. The molecule has 3 heteroatoms. The molecule has 0 bridgehead atoms. The lowest BCUT2D eigenvalue weighted by Crippen LogP contribution is -2.36. The van der Waals surface area contributed by atoms with Gasteiger partial charge in [-0.1, -0.05) is 27.2 Å². The fourth-order valence-electron chi connectivity index (χ4n) is 1.32. The van der Waals surface area contributed by atoms with E-state index in [1.165, 1.54) is 12.8 Å². The lowest BCUT2D eigenvalue weighted by molar-refractivity contribution is -0.487. The Labute approximate surface area is 82.2 Å². The van der Waals surface area contributed by atoms with Crippen LogP contribution in [0.3, 0.4) is 0 Å². The Bertz CT molecular complexity index is 164. The van der Waals surface area contributed by atoms with Crippen LogP contribution in [0.1, 0.15) is 33.6 Å². The van der Waals surface area contributed by atoms with Crippen LogP contribution in [0, 0.1) is 0 Å². The van der Waals surface area contributed by atoms with Gasteiger partial charge in [0.1, 0.15) is 0 Å². The summed E-state index contributed by atoms with van der Waals surface area (Å²) in [4.78, 5) is 2.25. The maximum Gasteiger partial charge on any atom is 0.345 e. The van der Waals surface area contributed by atoms with Crippen molar-refractivity contribution in [1.82, 2.24) is 4.90 Å². The zero-order valence-corrected chi connectivity index (χ0v) is 9.51. The molecule has 78 valence electrons. The van der Waals surface area contributed by atoms with Crippen LogP contribution in [0.2, 0.25) is 0 Å². The summed E-state index contributed by atoms with van der Waals surface area (Å²) in [5.74, 6) is 0.943. The summed E-state index contributed by atoms with van der Waals surface area (Å²) in [6.45, 7) is 9.50. The maximum absolute atomic E-state index is 5.83. The summed E-state index contributed by atoms with van der Waals surface area (Å²) < 4.78 is 2.11. The van der Waals surface area contributed by atoms with Gasteiger partial charge in [-0.2, -0.15) is 0 Å². The molecule has 1 heterocycles. The minimum Gasteiger partial charge on any atom is -0.291 e. The quantitative estimate of drug-likeness (QED) is 0.669. The van der Waals surface area contributed by atoms with Crippen LogP contribution in [-0.4, -0.2) is 42.1 Å². The van der Waals surface area contributed by atoms with E-state index in [0.29, 0.717) is 0 Å². The van der Waals surface area contributed by atoms with Gasteiger partial charge in [0.05, 0.1) is 26.7 Å². The number of nitrogens with zero attached hydrogens (tertiary/aromatic N) is 2. The van der Waals surface area contributed by atoms with E-state index >= 15 is 0 Å². The second-order valence-electron chi connectivity index (χ2n) is 3.12. The molecule has 0 saturated carbocycles. The highest BCUT2D eigenvalue weighted by molar-refractivity contribution is 5.73. The first-order chi connectivity index (χ1) is 6.25. The van der Waals surface area contributed by atoms with Crippen molar-refractivity contribution in [2.45, 2.75) is 33.6 Å². The van der Waals surface area contributed by atoms with Crippen molar-refractivity contribution in [2.75, 3.05) is 26.7 Å². The monoisotopic (exact) mass is 186 g/mol. The van der Waals surface area contributed by atoms with Crippen LogP contribution in [0.25, 0.3) is 0 Å². The topological polar surface area (TPSA) is 32.3 Å². The Morgan fingerprint density at radius 1 is 1.46 bits per heavy atom. The maximum atomic E-state index is 5.83. The van der Waals surface area contributed by atoms with Gasteiger partial charge >= 0.3 is 5.96 Å². The van der Waals surface area contributed by atoms with E-state index in [1.54, 1.807) is 0 Å². The largest absolute Gasteiger partial charge is 0.345 e. The highest BCUT2D eigenvalue weighted by Gasteiger charge is 2.22. The van der Waals surface area contributed by atoms with Crippen molar-refractivity contribution in [2.24, 2.45) is 5.73 Å². The number of guanidine groups is 1. The Morgan fingerprint density at radius 3 is 2.46 bits per heavy atom. The first-order valence-corrected chi connectivity index (χ1v) is 5.34. The Kier molecular flexibility index (Phi) is 6.37. The van der Waals surface area contributed by atoms with Crippen LogP contribution < -0.4 is 5.73 Å². The molecule has 0 atom stereocenters. The molecule has 0 unspecified atom stereocenters. The molecule has 0 aromatic heterocycles. The van der Waals surface area contributed by atoms with E-state index in [2.05, 4.69) is 16.4 Å². The summed E-state index contributed by atoms with van der Waals surface area (Å²) in [5.41, 5.74) is 5.83. The second-order valence-corrected chi connectivity index (χ2v) is 3.12. The normalized spacial score (nSPS) is 15.8. The zero-order chi connectivity index (χ0) is 10.3. The number of unbranched alkanes of at least 4 members (excludes halogenated alkanes) is 1. The molecule has 1 aliphatic rings. The number of hydrogen-bond donors (Lipinski definition) is 1. The van der Waals surface area contributed by atoms with Crippen LogP contribution in [0.15, 0.2) is 0 Å². The molecular weight excluding hydrogens is 162 g/mol.